The average Bonchev–Trinajstić information content (AvgIpc) is 2.16. The van der Waals surface area contributed by atoms with Crippen LogP contribution in [0, 0.1) is 0 Å². The summed E-state index contributed by atoms with van der Waals surface area (Å²) < 4.78 is 0. The van der Waals surface area contributed by atoms with Gasteiger partial charge in [0, 0.05) is 0 Å². The second kappa shape index (κ2) is 5.47. The summed E-state index contributed by atoms with van der Waals surface area (Å²) in [5.41, 5.74) is -1.24. The van der Waals surface area contributed by atoms with Crippen LogP contribution < -0.4 is 0 Å². The zero-order valence-electron chi connectivity index (χ0n) is 10.0. The summed E-state index contributed by atoms with van der Waals surface area (Å²) in [5, 5.41) is 25.9. The van der Waals surface area contributed by atoms with Crippen molar-refractivity contribution in [3.63, 3.8) is 0 Å². The van der Waals surface area contributed by atoms with Crippen molar-refractivity contribution in [2.24, 2.45) is 0 Å². The third-order valence-corrected chi connectivity index (χ3v) is 1.73. The molecule has 82 valence electrons. The molecule has 0 fully saturated rings. The molecule has 7 heteroatoms. The van der Waals surface area contributed by atoms with Gasteiger partial charge in [0.25, 0.3) is 0 Å². The Balaban J connectivity index is -0.000000750. The van der Waals surface area contributed by atoms with Gasteiger partial charge in [0.15, 0.2) is 0 Å². The fraction of sp³-hybridized carbons (Fsp3) is 0. The molecule has 0 amide bonds. The van der Waals surface area contributed by atoms with Gasteiger partial charge in [-0.25, -0.2) is 14.4 Å². The maximum atomic E-state index is 10.6. The van der Waals surface area contributed by atoms with Crippen molar-refractivity contribution in [1.29, 1.82) is 0 Å². The van der Waals surface area contributed by atoms with Gasteiger partial charge in [-0.1, -0.05) is 0 Å². The number of carbonyl (C=O) groups is 3. The van der Waals surface area contributed by atoms with Gasteiger partial charge in [0.1, 0.15) is 0 Å². The summed E-state index contributed by atoms with van der Waals surface area (Å²) in [6.07, 6.45) is 0. The smallest absolute Gasteiger partial charge is 1.00 e. The third-order valence-electron chi connectivity index (χ3n) is 1.73. The molecule has 16 heavy (non-hydrogen) atoms. The maximum Gasteiger partial charge on any atom is 2.00 e. The van der Waals surface area contributed by atoms with Crippen molar-refractivity contribution in [1.82, 2.24) is 0 Å². The summed E-state index contributed by atoms with van der Waals surface area (Å²) in [6.45, 7) is 0. The molecular formula is C9H8MgO6. The summed E-state index contributed by atoms with van der Waals surface area (Å²) in [7, 11) is 0. The molecule has 0 heterocycles. The van der Waals surface area contributed by atoms with E-state index >= 15 is 0 Å². The minimum absolute atomic E-state index is 0. The first-order chi connectivity index (χ1) is 6.93. The Hall–Kier alpha value is -1.60. The molecule has 6 nitrogen and oxygen atoms in total. The van der Waals surface area contributed by atoms with Gasteiger partial charge in [0.2, 0.25) is 0 Å². The Labute approximate surface area is 109 Å². The first-order valence-corrected chi connectivity index (χ1v) is 3.77. The number of benzene rings is 1. The largest absolute Gasteiger partial charge is 2.00 e. The molecule has 0 saturated heterocycles. The molecule has 0 aliphatic carbocycles. The van der Waals surface area contributed by atoms with E-state index in [9.17, 15) is 14.4 Å². The minimum Gasteiger partial charge on any atom is -1.00 e. The van der Waals surface area contributed by atoms with Crippen LogP contribution >= 0.6 is 0 Å². The van der Waals surface area contributed by atoms with Gasteiger partial charge in [0.05, 0.1) is 16.7 Å². The fourth-order valence-electron chi connectivity index (χ4n) is 1.04. The van der Waals surface area contributed by atoms with Gasteiger partial charge in [-0.05, 0) is 18.2 Å². The van der Waals surface area contributed by atoms with E-state index in [1.165, 1.54) is 0 Å². The van der Waals surface area contributed by atoms with E-state index in [1.54, 1.807) is 0 Å². The van der Waals surface area contributed by atoms with Crippen LogP contribution in [-0.4, -0.2) is 56.3 Å². The molecule has 1 rings (SSSR count). The van der Waals surface area contributed by atoms with E-state index in [0.29, 0.717) is 0 Å². The van der Waals surface area contributed by atoms with Crippen molar-refractivity contribution < 1.29 is 32.6 Å². The molecule has 0 aliphatic rings. The van der Waals surface area contributed by atoms with Crippen LogP contribution in [-0.2, 0) is 0 Å². The van der Waals surface area contributed by atoms with E-state index in [1.807, 2.05) is 0 Å². The van der Waals surface area contributed by atoms with Crippen molar-refractivity contribution in [2.75, 3.05) is 0 Å². The SMILES string of the molecule is O=C(O)c1ccc(C(=O)O)c(C(=O)O)c1.[H-].[H-].[Mg+2]. The van der Waals surface area contributed by atoms with Crippen LogP contribution in [0.3, 0.4) is 0 Å². The molecule has 1 aromatic rings. The molecule has 0 bridgehead atoms. The van der Waals surface area contributed by atoms with Gasteiger partial charge >= 0.3 is 41.0 Å². The standard InChI is InChI=1S/C9H6O6.Mg.2H/c10-7(11)4-1-2-5(8(12)13)6(3-4)9(14)15;;;/h1-3H,(H,10,11)(H,12,13)(H,14,15);;;/q;+2;2*-1. The third kappa shape index (κ3) is 2.94. The average molecular weight is 236 g/mol. The predicted molar refractivity (Wildman–Crippen MR) is 55.3 cm³/mol. The normalized spacial score (nSPS) is 9.00. The molecule has 1 aromatic carbocycles. The predicted octanol–water partition coefficient (Wildman–Crippen LogP) is 0.625. The minimum atomic E-state index is -1.48. The molecule has 0 spiro atoms. The van der Waals surface area contributed by atoms with Crippen molar-refractivity contribution in [3.8, 4) is 0 Å². The van der Waals surface area contributed by atoms with E-state index in [-0.39, 0.29) is 31.5 Å². The zero-order valence-corrected chi connectivity index (χ0v) is 9.42. The van der Waals surface area contributed by atoms with Crippen LogP contribution in [0.25, 0.3) is 0 Å². The number of carboxylic acids is 3. The molecule has 0 saturated carbocycles. The Morgan fingerprint density at radius 3 is 1.75 bits per heavy atom. The molecule has 0 atom stereocenters. The van der Waals surface area contributed by atoms with E-state index in [0.717, 1.165) is 18.2 Å². The fourth-order valence-corrected chi connectivity index (χ4v) is 1.04. The van der Waals surface area contributed by atoms with Gasteiger partial charge < -0.3 is 18.2 Å². The summed E-state index contributed by atoms with van der Waals surface area (Å²) in [6, 6.07) is 2.81. The molecule has 0 unspecified atom stereocenters. The first-order valence-electron chi connectivity index (χ1n) is 3.77. The number of hydrogen-bond acceptors (Lipinski definition) is 3. The Kier molecular flexibility index (Phi) is 4.92. The Morgan fingerprint density at radius 1 is 0.875 bits per heavy atom. The maximum absolute atomic E-state index is 10.6. The van der Waals surface area contributed by atoms with Gasteiger partial charge in [-0.3, -0.25) is 0 Å². The van der Waals surface area contributed by atoms with Crippen LogP contribution in [0.2, 0.25) is 0 Å². The Morgan fingerprint density at radius 2 is 1.38 bits per heavy atom. The second-order valence-electron chi connectivity index (χ2n) is 2.68. The number of aromatic carboxylic acids is 3. The first kappa shape index (κ1) is 14.4. The summed E-state index contributed by atoms with van der Waals surface area (Å²) >= 11 is 0. The summed E-state index contributed by atoms with van der Waals surface area (Å²) in [5.74, 6) is -4.20. The number of hydrogen-bond donors (Lipinski definition) is 3. The van der Waals surface area contributed by atoms with E-state index in [4.69, 9.17) is 15.3 Å². The molecular weight excluding hydrogens is 228 g/mol. The molecule has 0 aromatic heterocycles. The summed E-state index contributed by atoms with van der Waals surface area (Å²) in [4.78, 5) is 31.8. The van der Waals surface area contributed by atoms with Crippen LogP contribution in [0.15, 0.2) is 18.2 Å². The van der Waals surface area contributed by atoms with Crippen LogP contribution in [0.5, 0.6) is 0 Å². The van der Waals surface area contributed by atoms with Crippen molar-refractivity contribution in [3.05, 3.63) is 34.9 Å². The van der Waals surface area contributed by atoms with Gasteiger partial charge in [-0.15, -0.1) is 0 Å². The van der Waals surface area contributed by atoms with E-state index in [2.05, 4.69) is 0 Å². The van der Waals surface area contributed by atoms with E-state index < -0.39 is 29.0 Å². The van der Waals surface area contributed by atoms with Crippen LogP contribution in [0.1, 0.15) is 33.9 Å². The quantitative estimate of drug-likeness (QED) is 0.664. The zero-order chi connectivity index (χ0) is 11.6. The Bertz CT molecular complexity index is 462. The molecule has 0 radical (unpaired) electrons. The molecule has 3 N–H and O–H groups in total. The van der Waals surface area contributed by atoms with Crippen molar-refractivity contribution in [2.45, 2.75) is 0 Å². The molecule has 0 aliphatic heterocycles. The monoisotopic (exact) mass is 236 g/mol. The number of rotatable bonds is 3. The number of carboxylic acid groups (broad SMARTS) is 3. The second-order valence-corrected chi connectivity index (χ2v) is 2.68. The topological polar surface area (TPSA) is 112 Å². The van der Waals surface area contributed by atoms with Crippen molar-refractivity contribution >= 4 is 41.0 Å². The van der Waals surface area contributed by atoms with Gasteiger partial charge in [-0.2, -0.15) is 0 Å². The van der Waals surface area contributed by atoms with Crippen LogP contribution in [0.4, 0.5) is 0 Å².